The number of nitrogens with one attached hydrogen (secondary N) is 1. The highest BCUT2D eigenvalue weighted by atomic mass is 16.5. The van der Waals surface area contributed by atoms with E-state index in [1.165, 1.54) is 6.20 Å². The van der Waals surface area contributed by atoms with E-state index < -0.39 is 6.10 Å². The molecular weight excluding hydrogens is 206 g/mol. The van der Waals surface area contributed by atoms with Crippen LogP contribution in [0.4, 0.5) is 0 Å². The lowest BCUT2D eigenvalue weighted by atomic mass is 10.0. The van der Waals surface area contributed by atoms with Crippen molar-refractivity contribution in [3.8, 4) is 5.75 Å². The molecule has 0 amide bonds. The summed E-state index contributed by atoms with van der Waals surface area (Å²) in [6.07, 6.45) is 0.749. The van der Waals surface area contributed by atoms with Gasteiger partial charge in [-0.3, -0.25) is 0 Å². The molecule has 0 saturated carbocycles. The zero-order valence-electron chi connectivity index (χ0n) is 9.14. The molecule has 1 atom stereocenters. The van der Waals surface area contributed by atoms with Crippen LogP contribution in [0, 0.1) is 6.92 Å². The number of methoxy groups -OCH3 is 1. The van der Waals surface area contributed by atoms with Crippen molar-refractivity contribution in [2.24, 2.45) is 0 Å². The summed E-state index contributed by atoms with van der Waals surface area (Å²) in [4.78, 5) is 0. The summed E-state index contributed by atoms with van der Waals surface area (Å²) in [7, 11) is 1.61. The minimum absolute atomic E-state index is 0.508. The van der Waals surface area contributed by atoms with Crippen molar-refractivity contribution in [1.29, 1.82) is 0 Å². The van der Waals surface area contributed by atoms with Crippen LogP contribution in [0.15, 0.2) is 24.4 Å². The Morgan fingerprint density at radius 3 is 2.81 bits per heavy atom. The van der Waals surface area contributed by atoms with Crippen LogP contribution in [0.3, 0.4) is 0 Å². The van der Waals surface area contributed by atoms with E-state index in [1.807, 2.05) is 25.1 Å². The lowest BCUT2D eigenvalue weighted by Crippen LogP contribution is -2.02. The Labute approximate surface area is 93.1 Å². The summed E-state index contributed by atoms with van der Waals surface area (Å²) >= 11 is 0. The fourth-order valence-electron chi connectivity index (χ4n) is 1.58. The van der Waals surface area contributed by atoms with E-state index in [9.17, 15) is 5.11 Å². The molecule has 16 heavy (non-hydrogen) atoms. The summed E-state index contributed by atoms with van der Waals surface area (Å²) < 4.78 is 5.10. The maximum Gasteiger partial charge on any atom is 0.125 e. The highest BCUT2D eigenvalue weighted by molar-refractivity contribution is 5.38. The number of hydrogen-bond acceptors (Lipinski definition) is 4. The molecule has 0 radical (unpaired) electrons. The summed E-state index contributed by atoms with van der Waals surface area (Å²) in [5.74, 6) is 0.772. The van der Waals surface area contributed by atoms with E-state index in [-0.39, 0.29) is 0 Å². The van der Waals surface area contributed by atoms with E-state index in [1.54, 1.807) is 7.11 Å². The molecular formula is C11H13N3O2. The van der Waals surface area contributed by atoms with Gasteiger partial charge in [0.25, 0.3) is 0 Å². The van der Waals surface area contributed by atoms with Gasteiger partial charge in [0.2, 0.25) is 0 Å². The van der Waals surface area contributed by atoms with Crippen LogP contribution in [0.5, 0.6) is 5.75 Å². The Morgan fingerprint density at radius 2 is 2.25 bits per heavy atom. The SMILES string of the molecule is COc1ccc(C(O)c2cn[nH]n2)c(C)c1. The molecule has 1 aromatic heterocycles. The maximum absolute atomic E-state index is 10.1. The van der Waals surface area contributed by atoms with Gasteiger partial charge in [-0.15, -0.1) is 0 Å². The second-order valence-corrected chi connectivity index (χ2v) is 3.52. The van der Waals surface area contributed by atoms with Crippen molar-refractivity contribution in [3.05, 3.63) is 41.2 Å². The molecule has 0 aliphatic carbocycles. The van der Waals surface area contributed by atoms with Crippen molar-refractivity contribution >= 4 is 0 Å². The summed E-state index contributed by atoms with van der Waals surface area (Å²) in [6.45, 7) is 1.92. The number of nitrogens with zero attached hydrogens (tertiary/aromatic N) is 2. The van der Waals surface area contributed by atoms with E-state index in [2.05, 4.69) is 15.4 Å². The fraction of sp³-hybridized carbons (Fsp3) is 0.273. The number of aliphatic hydroxyl groups is 1. The molecule has 5 heteroatoms. The van der Waals surface area contributed by atoms with Crippen LogP contribution in [0.1, 0.15) is 22.9 Å². The summed E-state index contributed by atoms with van der Waals surface area (Å²) in [5, 5.41) is 20.1. The second kappa shape index (κ2) is 4.32. The molecule has 1 unspecified atom stereocenters. The van der Waals surface area contributed by atoms with Crippen molar-refractivity contribution in [2.45, 2.75) is 13.0 Å². The van der Waals surface area contributed by atoms with E-state index in [4.69, 9.17) is 4.74 Å². The van der Waals surface area contributed by atoms with Gasteiger partial charge < -0.3 is 9.84 Å². The zero-order chi connectivity index (χ0) is 11.5. The molecule has 5 nitrogen and oxygen atoms in total. The number of aryl methyl sites for hydroxylation is 1. The Balaban J connectivity index is 2.34. The topological polar surface area (TPSA) is 71.0 Å². The molecule has 0 aliphatic rings. The van der Waals surface area contributed by atoms with Crippen molar-refractivity contribution in [2.75, 3.05) is 7.11 Å². The minimum Gasteiger partial charge on any atom is -0.497 e. The number of aromatic amines is 1. The molecule has 0 fully saturated rings. The first-order valence-corrected chi connectivity index (χ1v) is 4.90. The monoisotopic (exact) mass is 219 g/mol. The van der Waals surface area contributed by atoms with Gasteiger partial charge in [0.05, 0.1) is 13.3 Å². The van der Waals surface area contributed by atoms with Crippen LogP contribution in [-0.2, 0) is 0 Å². The molecule has 1 heterocycles. The molecule has 0 saturated heterocycles. The van der Waals surface area contributed by atoms with Crippen LogP contribution in [-0.4, -0.2) is 27.6 Å². The lowest BCUT2D eigenvalue weighted by Gasteiger charge is -2.12. The third-order valence-corrected chi connectivity index (χ3v) is 2.49. The second-order valence-electron chi connectivity index (χ2n) is 3.52. The molecule has 1 aromatic carbocycles. The summed E-state index contributed by atoms with van der Waals surface area (Å²) in [6, 6.07) is 5.51. The van der Waals surface area contributed by atoms with Crippen LogP contribution >= 0.6 is 0 Å². The number of hydrogen-bond donors (Lipinski definition) is 2. The smallest absolute Gasteiger partial charge is 0.125 e. The lowest BCUT2D eigenvalue weighted by molar-refractivity contribution is 0.214. The van der Waals surface area contributed by atoms with Crippen molar-refractivity contribution in [1.82, 2.24) is 15.4 Å². The normalized spacial score (nSPS) is 12.4. The van der Waals surface area contributed by atoms with Gasteiger partial charge in [-0.2, -0.15) is 15.4 Å². The van der Waals surface area contributed by atoms with Gasteiger partial charge in [-0.25, -0.2) is 0 Å². The Kier molecular flexibility index (Phi) is 2.87. The van der Waals surface area contributed by atoms with E-state index >= 15 is 0 Å². The first-order valence-electron chi connectivity index (χ1n) is 4.90. The zero-order valence-corrected chi connectivity index (χ0v) is 9.14. The van der Waals surface area contributed by atoms with Crippen LogP contribution < -0.4 is 4.74 Å². The van der Waals surface area contributed by atoms with Gasteiger partial charge in [0, 0.05) is 0 Å². The Bertz CT molecular complexity index is 468. The predicted octanol–water partition coefficient (Wildman–Crippen LogP) is 1.20. The third-order valence-electron chi connectivity index (χ3n) is 2.49. The van der Waals surface area contributed by atoms with Gasteiger partial charge in [-0.05, 0) is 30.2 Å². The number of ether oxygens (including phenoxy) is 1. The van der Waals surface area contributed by atoms with Crippen LogP contribution in [0.25, 0.3) is 0 Å². The Morgan fingerprint density at radius 1 is 1.44 bits per heavy atom. The Hall–Kier alpha value is -1.88. The average Bonchev–Trinajstić information content (AvgIpc) is 2.81. The fourth-order valence-corrected chi connectivity index (χ4v) is 1.58. The molecule has 0 aliphatic heterocycles. The van der Waals surface area contributed by atoms with Crippen molar-refractivity contribution in [3.63, 3.8) is 0 Å². The standard InChI is InChI=1S/C11H13N3O2/c1-7-5-8(16-2)3-4-9(7)11(15)10-6-12-14-13-10/h3-6,11,15H,1-2H3,(H,12,13,14). The van der Waals surface area contributed by atoms with Crippen LogP contribution in [0.2, 0.25) is 0 Å². The molecule has 84 valence electrons. The summed E-state index contributed by atoms with van der Waals surface area (Å²) in [5.41, 5.74) is 2.26. The predicted molar refractivity (Wildman–Crippen MR) is 58.2 cm³/mol. The number of H-pyrrole nitrogens is 1. The highest BCUT2D eigenvalue weighted by Gasteiger charge is 2.15. The van der Waals surface area contributed by atoms with Gasteiger partial charge in [0.1, 0.15) is 17.5 Å². The average molecular weight is 219 g/mol. The molecule has 2 aromatic rings. The van der Waals surface area contributed by atoms with Gasteiger partial charge in [0.15, 0.2) is 0 Å². The number of aliphatic hydroxyl groups excluding tert-OH is 1. The minimum atomic E-state index is -0.760. The quantitative estimate of drug-likeness (QED) is 0.813. The molecule has 2 rings (SSSR count). The molecule has 0 bridgehead atoms. The van der Waals surface area contributed by atoms with Gasteiger partial charge >= 0.3 is 0 Å². The first-order chi connectivity index (χ1) is 7.72. The van der Waals surface area contributed by atoms with Gasteiger partial charge in [-0.1, -0.05) is 6.07 Å². The van der Waals surface area contributed by atoms with Crippen molar-refractivity contribution < 1.29 is 9.84 Å². The largest absolute Gasteiger partial charge is 0.497 e. The number of rotatable bonds is 3. The highest BCUT2D eigenvalue weighted by Crippen LogP contribution is 2.25. The first kappa shape index (κ1) is 10.6. The number of aromatic nitrogens is 3. The van der Waals surface area contributed by atoms with E-state index in [0.29, 0.717) is 5.69 Å². The van der Waals surface area contributed by atoms with E-state index in [0.717, 1.165) is 16.9 Å². The number of benzene rings is 1. The molecule has 2 N–H and O–H groups in total. The maximum atomic E-state index is 10.1. The molecule has 0 spiro atoms. The third kappa shape index (κ3) is 1.90.